The lowest BCUT2D eigenvalue weighted by atomic mass is 10.1. The van der Waals surface area contributed by atoms with Crippen LogP contribution in [0.15, 0.2) is 0 Å². The predicted molar refractivity (Wildman–Crippen MR) is 72.4 cm³/mol. The summed E-state index contributed by atoms with van der Waals surface area (Å²) in [6, 6.07) is -1.24. The third-order valence-corrected chi connectivity index (χ3v) is 4.23. The highest BCUT2D eigenvalue weighted by Gasteiger charge is 2.37. The molecule has 114 valence electrons. The van der Waals surface area contributed by atoms with E-state index in [1.165, 1.54) is 6.92 Å². The Morgan fingerprint density at radius 3 is 2.65 bits per heavy atom. The van der Waals surface area contributed by atoms with Gasteiger partial charge in [0.05, 0.1) is 6.10 Å². The molecule has 2 aliphatic heterocycles. The van der Waals surface area contributed by atoms with E-state index in [9.17, 15) is 14.7 Å². The maximum Gasteiger partial charge on any atom is 0.328 e. The van der Waals surface area contributed by atoms with E-state index in [0.29, 0.717) is 12.6 Å². The molecule has 4 unspecified atom stereocenters. The van der Waals surface area contributed by atoms with E-state index in [2.05, 4.69) is 10.2 Å². The van der Waals surface area contributed by atoms with Crippen LogP contribution in [-0.2, 0) is 4.79 Å². The van der Waals surface area contributed by atoms with Crippen molar-refractivity contribution in [1.29, 1.82) is 0 Å². The topological polar surface area (TPSA) is 93.1 Å². The molecule has 7 nitrogen and oxygen atoms in total. The van der Waals surface area contributed by atoms with Crippen molar-refractivity contribution in [2.45, 2.75) is 50.9 Å². The second-order valence-electron chi connectivity index (χ2n) is 5.80. The van der Waals surface area contributed by atoms with E-state index in [-0.39, 0.29) is 6.04 Å². The largest absolute Gasteiger partial charge is 0.480 e. The predicted octanol–water partition coefficient (Wildman–Crippen LogP) is -0.301. The van der Waals surface area contributed by atoms with E-state index in [4.69, 9.17) is 5.11 Å². The Bertz CT molecular complexity index is 388. The maximum atomic E-state index is 12.2. The third-order valence-electron chi connectivity index (χ3n) is 4.23. The smallest absolute Gasteiger partial charge is 0.328 e. The molecule has 3 N–H and O–H groups in total. The molecule has 2 fully saturated rings. The van der Waals surface area contributed by atoms with Crippen LogP contribution >= 0.6 is 0 Å². The molecule has 20 heavy (non-hydrogen) atoms. The summed E-state index contributed by atoms with van der Waals surface area (Å²) in [7, 11) is 0. The molecule has 7 heteroatoms. The number of amides is 2. The molecule has 0 spiro atoms. The second-order valence-corrected chi connectivity index (χ2v) is 5.80. The van der Waals surface area contributed by atoms with Gasteiger partial charge >= 0.3 is 12.0 Å². The van der Waals surface area contributed by atoms with Gasteiger partial charge in [-0.25, -0.2) is 9.59 Å². The third kappa shape index (κ3) is 3.04. The maximum absolute atomic E-state index is 12.2. The van der Waals surface area contributed by atoms with Crippen molar-refractivity contribution >= 4 is 12.0 Å². The first-order valence-corrected chi connectivity index (χ1v) is 7.12. The molecule has 0 radical (unpaired) electrons. The summed E-state index contributed by atoms with van der Waals surface area (Å²) in [6.45, 7) is 5.85. The van der Waals surface area contributed by atoms with Gasteiger partial charge in [-0.2, -0.15) is 0 Å². The van der Waals surface area contributed by atoms with Crippen molar-refractivity contribution in [2.24, 2.45) is 0 Å². The number of nitrogens with one attached hydrogen (secondary N) is 1. The highest BCUT2D eigenvalue weighted by atomic mass is 16.4. The number of rotatable bonds is 3. The molecule has 2 heterocycles. The average molecular weight is 285 g/mol. The van der Waals surface area contributed by atoms with Crippen molar-refractivity contribution in [2.75, 3.05) is 19.6 Å². The second kappa shape index (κ2) is 5.97. The Labute approximate surface area is 118 Å². The SMILES string of the molecule is CC(O)C(NC(=O)N1CC2CCCN2CC1C)C(=O)O. The van der Waals surface area contributed by atoms with Crippen LogP contribution in [0.2, 0.25) is 0 Å². The number of aliphatic hydroxyl groups is 1. The van der Waals surface area contributed by atoms with Crippen LogP contribution in [-0.4, -0.2) is 75.9 Å². The minimum atomic E-state index is -1.27. The first kappa shape index (κ1) is 15.1. The minimum Gasteiger partial charge on any atom is -0.480 e. The molecular formula is C13H23N3O4. The van der Waals surface area contributed by atoms with Gasteiger partial charge in [-0.05, 0) is 33.2 Å². The molecule has 2 saturated heterocycles. The number of aliphatic carboxylic acids is 1. The van der Waals surface area contributed by atoms with E-state index in [0.717, 1.165) is 25.9 Å². The summed E-state index contributed by atoms with van der Waals surface area (Å²) >= 11 is 0. The lowest BCUT2D eigenvalue weighted by molar-refractivity contribution is -0.141. The van der Waals surface area contributed by atoms with Crippen molar-refractivity contribution in [1.82, 2.24) is 15.1 Å². The highest BCUT2D eigenvalue weighted by molar-refractivity contribution is 5.83. The van der Waals surface area contributed by atoms with Crippen LogP contribution < -0.4 is 5.32 Å². The van der Waals surface area contributed by atoms with Gasteiger partial charge in [0.15, 0.2) is 6.04 Å². The first-order chi connectivity index (χ1) is 9.40. The van der Waals surface area contributed by atoms with Gasteiger partial charge in [0, 0.05) is 25.2 Å². The zero-order valence-electron chi connectivity index (χ0n) is 12.0. The first-order valence-electron chi connectivity index (χ1n) is 7.12. The van der Waals surface area contributed by atoms with Crippen LogP contribution in [0.1, 0.15) is 26.7 Å². The number of urea groups is 1. The van der Waals surface area contributed by atoms with Gasteiger partial charge in [0.25, 0.3) is 0 Å². The molecule has 2 aliphatic rings. The summed E-state index contributed by atoms with van der Waals surface area (Å²) in [6.07, 6.45) is 1.10. The van der Waals surface area contributed by atoms with Crippen molar-refractivity contribution in [3.05, 3.63) is 0 Å². The lowest BCUT2D eigenvalue weighted by Crippen LogP contribution is -2.61. The fourth-order valence-corrected chi connectivity index (χ4v) is 3.07. The number of piperazine rings is 1. The van der Waals surface area contributed by atoms with E-state index in [1.54, 1.807) is 4.90 Å². The van der Waals surface area contributed by atoms with Gasteiger partial charge in [-0.1, -0.05) is 0 Å². The van der Waals surface area contributed by atoms with Crippen LogP contribution in [0.3, 0.4) is 0 Å². The number of carbonyl (C=O) groups is 2. The molecule has 0 aromatic carbocycles. The van der Waals surface area contributed by atoms with Crippen LogP contribution in [0.25, 0.3) is 0 Å². The standard InChI is InChI=1S/C13H23N3O4/c1-8-6-15-5-3-4-10(15)7-16(8)13(20)14-11(9(2)17)12(18)19/h8-11,17H,3-7H2,1-2H3,(H,14,20)(H,18,19). The molecule has 0 saturated carbocycles. The lowest BCUT2D eigenvalue weighted by Gasteiger charge is -2.42. The van der Waals surface area contributed by atoms with Gasteiger partial charge in [0.1, 0.15) is 0 Å². The van der Waals surface area contributed by atoms with Crippen LogP contribution in [0, 0.1) is 0 Å². The molecule has 0 aliphatic carbocycles. The molecule has 0 aromatic heterocycles. The summed E-state index contributed by atoms with van der Waals surface area (Å²) in [5.74, 6) is -1.22. The van der Waals surface area contributed by atoms with Crippen LogP contribution in [0.5, 0.6) is 0 Å². The minimum absolute atomic E-state index is 0.0489. The fraction of sp³-hybridized carbons (Fsp3) is 0.846. The molecule has 4 atom stereocenters. The number of aliphatic hydroxyl groups excluding tert-OH is 1. The number of hydrogen-bond acceptors (Lipinski definition) is 4. The molecular weight excluding hydrogens is 262 g/mol. The zero-order valence-corrected chi connectivity index (χ0v) is 12.0. The Kier molecular flexibility index (Phi) is 4.49. The summed E-state index contributed by atoms with van der Waals surface area (Å²) in [5, 5.41) is 20.8. The van der Waals surface area contributed by atoms with Gasteiger partial charge in [0.2, 0.25) is 0 Å². The van der Waals surface area contributed by atoms with Crippen LogP contribution in [0.4, 0.5) is 4.79 Å². The highest BCUT2D eigenvalue weighted by Crippen LogP contribution is 2.24. The summed E-state index contributed by atoms with van der Waals surface area (Å²) < 4.78 is 0. The molecule has 2 amide bonds. The molecule has 0 aromatic rings. The summed E-state index contributed by atoms with van der Waals surface area (Å²) in [5.41, 5.74) is 0. The number of nitrogens with zero attached hydrogens (tertiary/aromatic N) is 2. The Morgan fingerprint density at radius 1 is 1.35 bits per heavy atom. The van der Waals surface area contributed by atoms with Gasteiger partial charge in [-0.15, -0.1) is 0 Å². The van der Waals surface area contributed by atoms with Crippen molar-refractivity contribution < 1.29 is 19.8 Å². The quantitative estimate of drug-likeness (QED) is 0.662. The van der Waals surface area contributed by atoms with Crippen molar-refractivity contribution in [3.8, 4) is 0 Å². The monoisotopic (exact) mass is 285 g/mol. The van der Waals surface area contributed by atoms with Gasteiger partial charge in [-0.3, -0.25) is 4.90 Å². The number of carboxylic acids is 1. The Hall–Kier alpha value is -1.34. The average Bonchev–Trinajstić information content (AvgIpc) is 2.80. The summed E-state index contributed by atoms with van der Waals surface area (Å²) in [4.78, 5) is 27.3. The Morgan fingerprint density at radius 2 is 2.05 bits per heavy atom. The number of carboxylic acid groups (broad SMARTS) is 1. The normalized spacial score (nSPS) is 29.6. The number of hydrogen-bond donors (Lipinski definition) is 3. The molecule has 2 rings (SSSR count). The Balaban J connectivity index is 1.99. The van der Waals surface area contributed by atoms with Gasteiger partial charge < -0.3 is 20.4 Å². The van der Waals surface area contributed by atoms with E-state index >= 15 is 0 Å². The number of carbonyl (C=O) groups excluding carboxylic acids is 1. The molecule has 0 bridgehead atoms. The fourth-order valence-electron chi connectivity index (χ4n) is 3.07. The van der Waals surface area contributed by atoms with Crippen molar-refractivity contribution in [3.63, 3.8) is 0 Å². The number of fused-ring (bicyclic) bond motifs is 1. The van der Waals surface area contributed by atoms with E-state index < -0.39 is 24.1 Å². The van der Waals surface area contributed by atoms with E-state index in [1.807, 2.05) is 6.92 Å². The zero-order chi connectivity index (χ0) is 14.9.